The third-order valence-corrected chi connectivity index (χ3v) is 9.24. The first-order chi connectivity index (χ1) is 25.7. The number of nitrogens with zero attached hydrogens (tertiary/aromatic N) is 4. The quantitative estimate of drug-likeness (QED) is 0.162. The van der Waals surface area contributed by atoms with Gasteiger partial charge in [0, 0.05) is 47.7 Å². The molecule has 8 rings (SSSR count). The smallest absolute Gasteiger partial charge is 0.155 e. The molecular formula is C46H44IrN4O-2. The number of hydrogen-bond acceptors (Lipinski definition) is 4. The van der Waals surface area contributed by atoms with Gasteiger partial charge >= 0.3 is 0 Å². The molecule has 0 aliphatic heterocycles. The first kappa shape index (κ1) is 33.0. The van der Waals surface area contributed by atoms with Crippen molar-refractivity contribution in [3.05, 3.63) is 144 Å². The summed E-state index contributed by atoms with van der Waals surface area (Å²) in [4.78, 5) is 14.4. The fraction of sp³-hybridized carbons (Fsp3) is 0.239. The van der Waals surface area contributed by atoms with Crippen molar-refractivity contribution in [2.24, 2.45) is 0 Å². The summed E-state index contributed by atoms with van der Waals surface area (Å²) in [5.41, 5.74) is 10.9. The average Bonchev–Trinajstić information content (AvgIpc) is 3.73. The maximum atomic E-state index is 7.23. The Hall–Kier alpha value is -4.90. The Morgan fingerprint density at radius 1 is 0.769 bits per heavy atom. The van der Waals surface area contributed by atoms with Gasteiger partial charge in [0.05, 0.1) is 16.9 Å². The van der Waals surface area contributed by atoms with Crippen LogP contribution >= 0.6 is 0 Å². The Balaban J connectivity index is 0.000000254. The molecular weight excluding hydrogens is 817 g/mol. The Bertz CT molecular complexity index is 2560. The molecule has 4 aromatic carbocycles. The van der Waals surface area contributed by atoms with E-state index in [1.54, 1.807) is 18.2 Å². The van der Waals surface area contributed by atoms with Gasteiger partial charge in [-0.2, -0.15) is 0 Å². The van der Waals surface area contributed by atoms with Gasteiger partial charge in [0.25, 0.3) is 0 Å². The van der Waals surface area contributed by atoms with Gasteiger partial charge in [-0.1, -0.05) is 108 Å². The second kappa shape index (κ2) is 15.0. The number of aromatic nitrogens is 4. The van der Waals surface area contributed by atoms with Crippen LogP contribution in [-0.2, 0) is 25.5 Å². The number of aryl methyl sites for hydroxylation is 1. The number of rotatable bonds is 5. The number of imidazole rings is 1. The molecule has 0 bridgehead atoms. The van der Waals surface area contributed by atoms with Gasteiger partial charge in [-0.15, -0.1) is 54.1 Å². The van der Waals surface area contributed by atoms with Crippen molar-refractivity contribution in [2.45, 2.75) is 72.6 Å². The van der Waals surface area contributed by atoms with Crippen LogP contribution in [0.1, 0.15) is 86.7 Å². The SMILES string of the molecule is CC(C)c1cccc(C(C)C)c1-n1c(-c2[c-]ccc3c2oc2ccccc23)nc2cc(C(C)(C)C)cnc21.[2H]C([2H])([2H])c1ccc(-c2[c-]cccc2)nc1.[Ir]. The van der Waals surface area contributed by atoms with E-state index in [1.165, 1.54) is 17.3 Å². The van der Waals surface area contributed by atoms with Crippen molar-refractivity contribution in [3.63, 3.8) is 0 Å². The third-order valence-electron chi connectivity index (χ3n) is 9.24. The minimum atomic E-state index is -2.09. The van der Waals surface area contributed by atoms with Crippen molar-refractivity contribution < 1.29 is 28.6 Å². The molecule has 265 valence electrons. The van der Waals surface area contributed by atoms with Crippen LogP contribution < -0.4 is 0 Å². The van der Waals surface area contributed by atoms with Crippen molar-refractivity contribution in [2.75, 3.05) is 0 Å². The summed E-state index contributed by atoms with van der Waals surface area (Å²) in [6.07, 6.45) is 3.39. The Morgan fingerprint density at radius 3 is 2.17 bits per heavy atom. The first-order valence-corrected chi connectivity index (χ1v) is 17.5. The van der Waals surface area contributed by atoms with E-state index < -0.39 is 6.85 Å². The monoisotopic (exact) mass is 864 g/mol. The summed E-state index contributed by atoms with van der Waals surface area (Å²) < 4.78 is 30.4. The number of para-hydroxylation sites is 2. The van der Waals surface area contributed by atoms with Crippen LogP contribution in [0.4, 0.5) is 0 Å². The molecule has 8 aromatic rings. The summed E-state index contributed by atoms with van der Waals surface area (Å²) in [6, 6.07) is 38.3. The number of pyridine rings is 2. The minimum absolute atomic E-state index is 0. The zero-order valence-electron chi connectivity index (χ0n) is 33.6. The Labute approximate surface area is 324 Å². The van der Waals surface area contributed by atoms with E-state index in [0.717, 1.165) is 67.0 Å². The van der Waals surface area contributed by atoms with E-state index >= 15 is 0 Å². The number of hydrogen-bond donors (Lipinski definition) is 0. The molecule has 0 atom stereocenters. The third kappa shape index (κ3) is 7.11. The molecule has 0 spiro atoms. The normalized spacial score (nSPS) is 12.8. The molecule has 0 aliphatic rings. The van der Waals surface area contributed by atoms with Gasteiger partial charge in [0.1, 0.15) is 5.58 Å². The number of furan rings is 1. The van der Waals surface area contributed by atoms with Crippen LogP contribution in [0.15, 0.2) is 114 Å². The zero-order valence-corrected chi connectivity index (χ0v) is 33.0. The summed E-state index contributed by atoms with van der Waals surface area (Å²) in [7, 11) is 0. The molecule has 5 nitrogen and oxygen atoms in total. The minimum Gasteiger partial charge on any atom is -0.501 e. The Kier molecular flexibility index (Phi) is 9.50. The van der Waals surface area contributed by atoms with Gasteiger partial charge in [0.2, 0.25) is 0 Å². The van der Waals surface area contributed by atoms with Crippen molar-refractivity contribution in [1.82, 2.24) is 19.5 Å². The zero-order chi connectivity index (χ0) is 38.4. The molecule has 0 saturated heterocycles. The topological polar surface area (TPSA) is 56.7 Å². The fourth-order valence-corrected chi connectivity index (χ4v) is 6.49. The summed E-state index contributed by atoms with van der Waals surface area (Å²) in [5, 5.41) is 2.16. The van der Waals surface area contributed by atoms with Crippen LogP contribution in [0, 0.1) is 19.0 Å². The van der Waals surface area contributed by atoms with Crippen LogP contribution in [0.2, 0.25) is 0 Å². The number of benzene rings is 4. The van der Waals surface area contributed by atoms with Gasteiger partial charge in [-0.05, 0) is 64.2 Å². The van der Waals surface area contributed by atoms with Gasteiger partial charge in [-0.3, -0.25) is 4.98 Å². The molecule has 0 unspecified atom stereocenters. The van der Waals surface area contributed by atoms with E-state index in [0.29, 0.717) is 11.8 Å². The van der Waals surface area contributed by atoms with E-state index in [4.69, 9.17) is 18.5 Å². The molecule has 52 heavy (non-hydrogen) atoms. The predicted molar refractivity (Wildman–Crippen MR) is 211 cm³/mol. The van der Waals surface area contributed by atoms with Crippen LogP contribution in [0.25, 0.3) is 61.4 Å². The van der Waals surface area contributed by atoms with E-state index in [-0.39, 0.29) is 31.1 Å². The second-order valence-corrected chi connectivity index (χ2v) is 14.6. The number of fused-ring (bicyclic) bond motifs is 4. The molecule has 0 amide bonds. The van der Waals surface area contributed by atoms with Gasteiger partial charge < -0.3 is 14.0 Å². The van der Waals surface area contributed by atoms with E-state index in [9.17, 15) is 0 Å². The molecule has 4 aromatic heterocycles. The standard InChI is InChI=1S/C34H34N3O.C12H10N.Ir/c1-20(2)23-13-10-14-24(21(3)4)30(23)37-32(36-28-18-22(34(5,6)7)19-35-33(28)37)27-16-11-15-26-25-12-8-9-17-29(25)38-31(26)27;1-10-7-8-12(13-9-10)11-5-3-2-4-6-11;/h8-15,17-21H,1-7H3;2-5,7-9H,1H3;/q2*-1;/i;1D3;. The van der Waals surface area contributed by atoms with E-state index in [2.05, 4.69) is 113 Å². The van der Waals surface area contributed by atoms with Crippen LogP contribution in [0.3, 0.4) is 0 Å². The fourth-order valence-electron chi connectivity index (χ4n) is 6.49. The second-order valence-electron chi connectivity index (χ2n) is 14.6. The predicted octanol–water partition coefficient (Wildman–Crippen LogP) is 12.2. The largest absolute Gasteiger partial charge is 0.501 e. The van der Waals surface area contributed by atoms with Gasteiger partial charge in [-0.25, -0.2) is 4.98 Å². The maximum Gasteiger partial charge on any atom is 0.155 e. The Morgan fingerprint density at radius 2 is 1.52 bits per heavy atom. The molecule has 1 radical (unpaired) electrons. The molecule has 0 N–H and O–H groups in total. The molecule has 0 aliphatic carbocycles. The summed E-state index contributed by atoms with van der Waals surface area (Å²) in [6.45, 7) is 13.5. The van der Waals surface area contributed by atoms with Gasteiger partial charge in [0.15, 0.2) is 5.65 Å². The molecule has 4 heterocycles. The molecule has 0 saturated carbocycles. The molecule has 6 heteroatoms. The average molecular weight is 864 g/mol. The molecule has 0 fully saturated rings. The maximum absolute atomic E-state index is 7.23. The van der Waals surface area contributed by atoms with Crippen LogP contribution in [0.5, 0.6) is 0 Å². The van der Waals surface area contributed by atoms with Crippen molar-refractivity contribution in [1.29, 1.82) is 0 Å². The summed E-state index contributed by atoms with van der Waals surface area (Å²) in [5.74, 6) is 1.46. The van der Waals surface area contributed by atoms with Crippen molar-refractivity contribution >= 4 is 33.1 Å². The van der Waals surface area contributed by atoms with E-state index in [1.807, 2.05) is 42.6 Å². The first-order valence-electron chi connectivity index (χ1n) is 19.0. The van der Waals surface area contributed by atoms with Crippen LogP contribution in [-0.4, -0.2) is 19.5 Å². The van der Waals surface area contributed by atoms with Crippen molar-refractivity contribution in [3.8, 4) is 28.3 Å². The summed E-state index contributed by atoms with van der Waals surface area (Å²) >= 11 is 0.